The van der Waals surface area contributed by atoms with Crippen LogP contribution in [0.25, 0.3) is 11.3 Å². The van der Waals surface area contributed by atoms with Crippen LogP contribution in [0.4, 0.5) is 5.13 Å². The van der Waals surface area contributed by atoms with E-state index in [-0.39, 0.29) is 5.91 Å². The predicted octanol–water partition coefficient (Wildman–Crippen LogP) is 3.77. The molecule has 23 heavy (non-hydrogen) atoms. The van der Waals surface area contributed by atoms with E-state index in [9.17, 15) is 4.79 Å². The third-order valence-corrected chi connectivity index (χ3v) is 4.30. The number of benzene rings is 1. The van der Waals surface area contributed by atoms with E-state index in [0.717, 1.165) is 16.8 Å². The van der Waals surface area contributed by atoms with Crippen LogP contribution in [0.2, 0.25) is 5.02 Å². The monoisotopic (exact) mass is 346 g/mol. The Labute approximate surface area is 142 Å². The number of hydrogen-bond donors (Lipinski definition) is 1. The Bertz CT molecular complexity index is 810. The Morgan fingerprint density at radius 1 is 1.35 bits per heavy atom. The molecule has 0 saturated carbocycles. The van der Waals surface area contributed by atoms with Gasteiger partial charge in [0.15, 0.2) is 5.13 Å². The zero-order valence-corrected chi connectivity index (χ0v) is 14.1. The first kappa shape index (κ1) is 15.7. The molecule has 118 valence electrons. The number of nitrogens with one attached hydrogen (secondary N) is 1. The van der Waals surface area contributed by atoms with Crippen LogP contribution in [0, 0.1) is 0 Å². The normalized spacial score (nSPS) is 10.7. The molecule has 3 rings (SSSR count). The quantitative estimate of drug-likeness (QED) is 0.765. The van der Waals surface area contributed by atoms with E-state index in [2.05, 4.69) is 15.4 Å². The van der Waals surface area contributed by atoms with E-state index >= 15 is 0 Å². The summed E-state index contributed by atoms with van der Waals surface area (Å²) in [6, 6.07) is 7.46. The summed E-state index contributed by atoms with van der Waals surface area (Å²) < 4.78 is 1.73. The van der Waals surface area contributed by atoms with Crippen molar-refractivity contribution in [1.29, 1.82) is 0 Å². The molecule has 5 nitrogen and oxygen atoms in total. The Morgan fingerprint density at radius 2 is 2.13 bits per heavy atom. The van der Waals surface area contributed by atoms with E-state index in [1.54, 1.807) is 10.9 Å². The van der Waals surface area contributed by atoms with Crippen molar-refractivity contribution in [2.24, 2.45) is 7.05 Å². The van der Waals surface area contributed by atoms with Crippen LogP contribution in [0.1, 0.15) is 12.0 Å². The first-order valence-electron chi connectivity index (χ1n) is 7.09. The summed E-state index contributed by atoms with van der Waals surface area (Å²) in [6.45, 7) is 0. The first-order valence-corrected chi connectivity index (χ1v) is 8.35. The fraction of sp³-hybridized carbons (Fsp3) is 0.188. The highest BCUT2D eigenvalue weighted by atomic mass is 35.5. The molecule has 0 aliphatic carbocycles. The van der Waals surface area contributed by atoms with Gasteiger partial charge in [0.25, 0.3) is 0 Å². The number of amides is 1. The van der Waals surface area contributed by atoms with Crippen LogP contribution in [-0.2, 0) is 18.3 Å². The topological polar surface area (TPSA) is 59.8 Å². The fourth-order valence-electron chi connectivity index (χ4n) is 2.12. The van der Waals surface area contributed by atoms with Crippen LogP contribution in [0.15, 0.2) is 42.0 Å². The maximum absolute atomic E-state index is 12.0. The van der Waals surface area contributed by atoms with E-state index < -0.39 is 0 Å². The summed E-state index contributed by atoms with van der Waals surface area (Å²) in [7, 11) is 1.86. The summed E-state index contributed by atoms with van der Waals surface area (Å²) in [6.07, 6.45) is 4.75. The van der Waals surface area contributed by atoms with Gasteiger partial charge in [-0.2, -0.15) is 5.10 Å². The SMILES string of the molecule is Cn1cc(CCC(=O)Nc2nc(-c3ccc(Cl)cc3)cs2)cn1. The number of carbonyl (C=O) groups is 1. The number of carbonyl (C=O) groups excluding carboxylic acids is 1. The molecule has 0 fully saturated rings. The Kier molecular flexibility index (Phi) is 4.73. The molecular weight excluding hydrogens is 332 g/mol. The zero-order chi connectivity index (χ0) is 16.2. The van der Waals surface area contributed by atoms with E-state index in [1.165, 1.54) is 11.3 Å². The molecule has 2 aromatic heterocycles. The molecule has 3 aromatic rings. The van der Waals surface area contributed by atoms with Crippen molar-refractivity contribution < 1.29 is 4.79 Å². The van der Waals surface area contributed by atoms with Crippen molar-refractivity contribution in [3.05, 3.63) is 52.6 Å². The number of anilines is 1. The summed E-state index contributed by atoms with van der Waals surface area (Å²) in [5.74, 6) is -0.0501. The first-order chi connectivity index (χ1) is 11.1. The van der Waals surface area contributed by atoms with Crippen LogP contribution in [-0.4, -0.2) is 20.7 Å². The number of aryl methyl sites for hydroxylation is 2. The third kappa shape index (κ3) is 4.18. The number of hydrogen-bond acceptors (Lipinski definition) is 4. The summed E-state index contributed by atoms with van der Waals surface area (Å²) >= 11 is 7.29. The minimum atomic E-state index is -0.0501. The molecule has 0 saturated heterocycles. The summed E-state index contributed by atoms with van der Waals surface area (Å²) in [4.78, 5) is 16.4. The lowest BCUT2D eigenvalue weighted by molar-refractivity contribution is -0.116. The highest BCUT2D eigenvalue weighted by Crippen LogP contribution is 2.26. The van der Waals surface area contributed by atoms with Crippen molar-refractivity contribution in [2.45, 2.75) is 12.8 Å². The van der Waals surface area contributed by atoms with Gasteiger partial charge in [-0.1, -0.05) is 23.7 Å². The van der Waals surface area contributed by atoms with Gasteiger partial charge in [0.2, 0.25) is 5.91 Å². The van der Waals surface area contributed by atoms with Gasteiger partial charge in [-0.15, -0.1) is 11.3 Å². The number of nitrogens with zero attached hydrogens (tertiary/aromatic N) is 3. The average Bonchev–Trinajstić information content (AvgIpc) is 3.15. The molecule has 1 amide bonds. The molecule has 7 heteroatoms. The predicted molar refractivity (Wildman–Crippen MR) is 92.7 cm³/mol. The maximum Gasteiger partial charge on any atom is 0.226 e. The van der Waals surface area contributed by atoms with Crippen molar-refractivity contribution >= 4 is 34.0 Å². The molecule has 0 aliphatic rings. The maximum atomic E-state index is 12.0. The molecule has 2 heterocycles. The Balaban J connectivity index is 1.58. The van der Waals surface area contributed by atoms with Crippen molar-refractivity contribution in [3.8, 4) is 11.3 Å². The van der Waals surface area contributed by atoms with Gasteiger partial charge in [0, 0.05) is 35.6 Å². The lowest BCUT2D eigenvalue weighted by atomic mass is 10.2. The Morgan fingerprint density at radius 3 is 2.83 bits per heavy atom. The molecule has 0 spiro atoms. The molecule has 0 radical (unpaired) electrons. The minimum absolute atomic E-state index is 0.0501. The van der Waals surface area contributed by atoms with E-state index in [0.29, 0.717) is 23.0 Å². The molecule has 1 aromatic carbocycles. The van der Waals surface area contributed by atoms with Crippen LogP contribution in [0.3, 0.4) is 0 Å². The minimum Gasteiger partial charge on any atom is -0.302 e. The summed E-state index contributed by atoms with van der Waals surface area (Å²) in [5.41, 5.74) is 2.85. The number of halogens is 1. The van der Waals surface area contributed by atoms with Crippen LogP contribution >= 0.6 is 22.9 Å². The third-order valence-electron chi connectivity index (χ3n) is 3.29. The molecular formula is C16H15ClN4OS. The lowest BCUT2D eigenvalue weighted by Crippen LogP contribution is -2.12. The molecule has 0 unspecified atom stereocenters. The van der Waals surface area contributed by atoms with E-state index in [1.807, 2.05) is 42.9 Å². The van der Waals surface area contributed by atoms with Gasteiger partial charge < -0.3 is 5.32 Å². The van der Waals surface area contributed by atoms with Crippen molar-refractivity contribution in [3.63, 3.8) is 0 Å². The summed E-state index contributed by atoms with van der Waals surface area (Å²) in [5, 5.41) is 10.1. The lowest BCUT2D eigenvalue weighted by Gasteiger charge is -2.00. The molecule has 0 aliphatic heterocycles. The molecule has 0 bridgehead atoms. The van der Waals surface area contributed by atoms with E-state index in [4.69, 9.17) is 11.6 Å². The standard InChI is InChI=1S/C16H15ClN4OS/c1-21-9-11(8-18-21)2-7-15(22)20-16-19-14(10-23-16)12-3-5-13(17)6-4-12/h3-6,8-10H,2,7H2,1H3,(H,19,20,22). The second-order valence-electron chi connectivity index (χ2n) is 5.12. The second kappa shape index (κ2) is 6.93. The zero-order valence-electron chi connectivity index (χ0n) is 12.5. The largest absolute Gasteiger partial charge is 0.302 e. The number of thiazole rings is 1. The van der Waals surface area contributed by atoms with Crippen LogP contribution in [0.5, 0.6) is 0 Å². The smallest absolute Gasteiger partial charge is 0.226 e. The van der Waals surface area contributed by atoms with Gasteiger partial charge in [-0.25, -0.2) is 4.98 Å². The Hall–Kier alpha value is -2.18. The van der Waals surface area contributed by atoms with Crippen molar-refractivity contribution in [1.82, 2.24) is 14.8 Å². The van der Waals surface area contributed by atoms with Crippen molar-refractivity contribution in [2.75, 3.05) is 5.32 Å². The second-order valence-corrected chi connectivity index (χ2v) is 6.41. The highest BCUT2D eigenvalue weighted by Gasteiger charge is 2.09. The molecule has 1 N–H and O–H groups in total. The number of aromatic nitrogens is 3. The van der Waals surface area contributed by atoms with Gasteiger partial charge in [-0.05, 0) is 24.1 Å². The van der Waals surface area contributed by atoms with Gasteiger partial charge >= 0.3 is 0 Å². The fourth-order valence-corrected chi connectivity index (χ4v) is 2.99. The average molecular weight is 347 g/mol. The van der Waals surface area contributed by atoms with Gasteiger partial charge in [0.05, 0.1) is 11.9 Å². The van der Waals surface area contributed by atoms with Gasteiger partial charge in [0.1, 0.15) is 0 Å². The number of rotatable bonds is 5. The highest BCUT2D eigenvalue weighted by molar-refractivity contribution is 7.14. The molecule has 0 atom stereocenters. The van der Waals surface area contributed by atoms with Gasteiger partial charge in [-0.3, -0.25) is 9.48 Å². The van der Waals surface area contributed by atoms with Crippen LogP contribution < -0.4 is 5.32 Å².